The van der Waals surface area contributed by atoms with E-state index in [0.29, 0.717) is 19.6 Å². The lowest BCUT2D eigenvalue weighted by atomic mass is 9.86. The van der Waals surface area contributed by atoms with Crippen molar-refractivity contribution in [2.75, 3.05) is 20.3 Å². The first-order valence-corrected chi connectivity index (χ1v) is 7.91. The highest BCUT2D eigenvalue weighted by atomic mass is 16.5. The molecular formula is C17H25NO4. The van der Waals surface area contributed by atoms with Gasteiger partial charge >= 0.3 is 6.09 Å². The number of hydrogen-bond acceptors (Lipinski definition) is 4. The van der Waals surface area contributed by atoms with E-state index >= 15 is 0 Å². The van der Waals surface area contributed by atoms with Crippen molar-refractivity contribution in [2.45, 2.75) is 38.2 Å². The van der Waals surface area contributed by atoms with Crippen LogP contribution in [-0.2, 0) is 11.2 Å². The summed E-state index contributed by atoms with van der Waals surface area (Å²) < 4.78 is 10.4. The number of aliphatic hydroxyl groups is 1. The number of ether oxygens (including phenoxy) is 2. The van der Waals surface area contributed by atoms with Gasteiger partial charge in [0.25, 0.3) is 0 Å². The van der Waals surface area contributed by atoms with Gasteiger partial charge < -0.3 is 19.9 Å². The zero-order chi connectivity index (χ0) is 15.8. The predicted octanol–water partition coefficient (Wildman–Crippen LogP) is 2.52. The number of aliphatic hydroxyl groups excluding tert-OH is 1. The van der Waals surface area contributed by atoms with Gasteiger partial charge in [-0.2, -0.15) is 0 Å². The Hall–Kier alpha value is -1.75. The Balaban J connectivity index is 1.67. The van der Waals surface area contributed by atoms with Crippen LogP contribution in [0.1, 0.15) is 31.2 Å². The summed E-state index contributed by atoms with van der Waals surface area (Å²) in [4.78, 5) is 11.7. The lowest BCUT2D eigenvalue weighted by Crippen LogP contribution is -2.37. The van der Waals surface area contributed by atoms with E-state index < -0.39 is 6.09 Å². The third-order valence-electron chi connectivity index (χ3n) is 4.17. The summed E-state index contributed by atoms with van der Waals surface area (Å²) in [5.41, 5.74) is 1.01. The molecule has 2 atom stereocenters. The molecule has 22 heavy (non-hydrogen) atoms. The van der Waals surface area contributed by atoms with Crippen molar-refractivity contribution in [3.8, 4) is 5.75 Å². The molecule has 1 amide bonds. The molecule has 0 heterocycles. The molecule has 2 N–H and O–H groups in total. The van der Waals surface area contributed by atoms with E-state index in [1.165, 1.54) is 0 Å². The van der Waals surface area contributed by atoms with E-state index in [9.17, 15) is 9.90 Å². The average Bonchev–Trinajstić information content (AvgIpc) is 2.54. The van der Waals surface area contributed by atoms with Crippen LogP contribution in [-0.4, -0.2) is 37.6 Å². The topological polar surface area (TPSA) is 67.8 Å². The van der Waals surface area contributed by atoms with Crippen molar-refractivity contribution in [2.24, 2.45) is 5.92 Å². The minimum Gasteiger partial charge on any atom is -0.496 e. The highest BCUT2D eigenvalue weighted by Gasteiger charge is 2.23. The number of rotatable bonds is 6. The average molecular weight is 307 g/mol. The highest BCUT2D eigenvalue weighted by Crippen LogP contribution is 2.23. The lowest BCUT2D eigenvalue weighted by Gasteiger charge is -2.27. The second kappa shape index (κ2) is 8.63. The molecule has 5 nitrogen and oxygen atoms in total. The normalized spacial score (nSPS) is 21.2. The number of amides is 1. The summed E-state index contributed by atoms with van der Waals surface area (Å²) in [7, 11) is 1.63. The largest absolute Gasteiger partial charge is 0.496 e. The fourth-order valence-corrected chi connectivity index (χ4v) is 2.85. The maximum Gasteiger partial charge on any atom is 0.407 e. The van der Waals surface area contributed by atoms with Crippen molar-refractivity contribution in [3.05, 3.63) is 29.8 Å². The predicted molar refractivity (Wildman–Crippen MR) is 84.0 cm³/mol. The third kappa shape index (κ3) is 4.91. The van der Waals surface area contributed by atoms with Gasteiger partial charge in [0.2, 0.25) is 0 Å². The second-order valence-electron chi connectivity index (χ2n) is 5.69. The molecule has 1 aliphatic rings. The Morgan fingerprint density at radius 2 is 2.09 bits per heavy atom. The van der Waals surface area contributed by atoms with Gasteiger partial charge in [-0.05, 0) is 24.5 Å². The van der Waals surface area contributed by atoms with E-state index in [-0.39, 0.29) is 12.0 Å². The lowest BCUT2D eigenvalue weighted by molar-refractivity contribution is 0.0678. The molecule has 2 rings (SSSR count). The smallest absolute Gasteiger partial charge is 0.407 e. The van der Waals surface area contributed by atoms with E-state index in [0.717, 1.165) is 37.0 Å². The standard InChI is InChI=1S/C17H25NO4/c1-21-16-9-5-3-6-13(16)10-11-22-17(20)18-12-14-7-2-4-8-15(14)19/h3,5-6,9,14-15,19H,2,4,7-8,10-12H2,1H3,(H,18,20). The summed E-state index contributed by atoms with van der Waals surface area (Å²) in [6.07, 6.45) is 3.87. The molecule has 1 aliphatic carbocycles. The minimum absolute atomic E-state index is 0.149. The van der Waals surface area contributed by atoms with Crippen LogP contribution in [0.3, 0.4) is 0 Å². The minimum atomic E-state index is -0.423. The summed E-state index contributed by atoms with van der Waals surface area (Å²) in [6.45, 7) is 0.786. The Morgan fingerprint density at radius 3 is 2.86 bits per heavy atom. The maximum atomic E-state index is 11.7. The molecule has 2 unspecified atom stereocenters. The Morgan fingerprint density at radius 1 is 1.32 bits per heavy atom. The van der Waals surface area contributed by atoms with Crippen molar-refractivity contribution in [1.29, 1.82) is 0 Å². The molecule has 0 saturated heterocycles. The van der Waals surface area contributed by atoms with Gasteiger partial charge in [0.05, 0.1) is 19.8 Å². The van der Waals surface area contributed by atoms with Crippen LogP contribution in [0.4, 0.5) is 4.79 Å². The molecule has 0 bridgehead atoms. The van der Waals surface area contributed by atoms with Gasteiger partial charge in [0.1, 0.15) is 5.75 Å². The van der Waals surface area contributed by atoms with Crippen LogP contribution in [0.2, 0.25) is 0 Å². The Labute approximate surface area is 131 Å². The molecule has 0 radical (unpaired) electrons. The number of benzene rings is 1. The fraction of sp³-hybridized carbons (Fsp3) is 0.588. The van der Waals surface area contributed by atoms with E-state index in [1.54, 1.807) is 7.11 Å². The molecule has 1 aromatic rings. The monoisotopic (exact) mass is 307 g/mol. The Bertz CT molecular complexity index is 477. The molecule has 122 valence electrons. The summed E-state index contributed by atoms with van der Waals surface area (Å²) in [5.74, 6) is 0.951. The molecule has 5 heteroatoms. The first-order valence-electron chi connectivity index (χ1n) is 7.91. The van der Waals surface area contributed by atoms with Gasteiger partial charge in [-0.15, -0.1) is 0 Å². The highest BCUT2D eigenvalue weighted by molar-refractivity contribution is 5.67. The van der Waals surface area contributed by atoms with Gasteiger partial charge in [-0.1, -0.05) is 31.0 Å². The van der Waals surface area contributed by atoms with Crippen molar-refractivity contribution in [1.82, 2.24) is 5.32 Å². The molecule has 1 aromatic carbocycles. The number of alkyl carbamates (subject to hydrolysis) is 1. The Kier molecular flexibility index (Phi) is 6.52. The SMILES string of the molecule is COc1ccccc1CCOC(=O)NCC1CCCCC1O. The van der Waals surface area contributed by atoms with E-state index in [2.05, 4.69) is 5.32 Å². The van der Waals surface area contributed by atoms with Gasteiger partial charge in [0.15, 0.2) is 0 Å². The molecule has 0 aromatic heterocycles. The van der Waals surface area contributed by atoms with Crippen LogP contribution in [0, 0.1) is 5.92 Å². The molecule has 0 spiro atoms. The number of para-hydroxylation sites is 1. The maximum absolute atomic E-state index is 11.7. The van der Waals surface area contributed by atoms with E-state index in [1.807, 2.05) is 24.3 Å². The fourth-order valence-electron chi connectivity index (χ4n) is 2.85. The molecule has 1 fully saturated rings. The molecule has 1 saturated carbocycles. The van der Waals surface area contributed by atoms with Crippen LogP contribution in [0.25, 0.3) is 0 Å². The van der Waals surface area contributed by atoms with Crippen LogP contribution in [0.15, 0.2) is 24.3 Å². The quantitative estimate of drug-likeness (QED) is 0.847. The number of carbonyl (C=O) groups excluding carboxylic acids is 1. The summed E-state index contributed by atoms with van der Waals surface area (Å²) >= 11 is 0. The van der Waals surface area contributed by atoms with Crippen LogP contribution in [0.5, 0.6) is 5.75 Å². The zero-order valence-electron chi connectivity index (χ0n) is 13.1. The summed E-state index contributed by atoms with van der Waals surface area (Å²) in [5, 5.41) is 12.6. The summed E-state index contributed by atoms with van der Waals surface area (Å²) in [6, 6.07) is 7.69. The van der Waals surface area contributed by atoms with Gasteiger partial charge in [0, 0.05) is 18.9 Å². The van der Waals surface area contributed by atoms with Crippen LogP contribution < -0.4 is 10.1 Å². The first kappa shape index (κ1) is 16.6. The first-order chi connectivity index (χ1) is 10.7. The van der Waals surface area contributed by atoms with Crippen molar-refractivity contribution < 1.29 is 19.4 Å². The number of methoxy groups -OCH3 is 1. The zero-order valence-corrected chi connectivity index (χ0v) is 13.1. The second-order valence-corrected chi connectivity index (χ2v) is 5.69. The van der Waals surface area contributed by atoms with Crippen molar-refractivity contribution in [3.63, 3.8) is 0 Å². The third-order valence-corrected chi connectivity index (χ3v) is 4.17. The molecular weight excluding hydrogens is 282 g/mol. The molecule has 0 aliphatic heterocycles. The number of nitrogens with one attached hydrogen (secondary N) is 1. The van der Waals surface area contributed by atoms with Gasteiger partial charge in [-0.3, -0.25) is 0 Å². The van der Waals surface area contributed by atoms with Gasteiger partial charge in [-0.25, -0.2) is 4.79 Å². The number of carbonyl (C=O) groups is 1. The number of hydrogen-bond donors (Lipinski definition) is 2. The van der Waals surface area contributed by atoms with E-state index in [4.69, 9.17) is 9.47 Å². The van der Waals surface area contributed by atoms with Crippen molar-refractivity contribution >= 4 is 6.09 Å². The van der Waals surface area contributed by atoms with Crippen LogP contribution >= 0.6 is 0 Å².